The van der Waals surface area contributed by atoms with Gasteiger partial charge in [0.1, 0.15) is 0 Å². The van der Waals surface area contributed by atoms with Crippen LogP contribution in [0, 0.1) is 5.92 Å². The number of carbonyl (C=O) groups excluding carboxylic acids is 1. The molecule has 0 aliphatic rings. The van der Waals surface area contributed by atoms with Crippen molar-refractivity contribution in [2.24, 2.45) is 5.92 Å². The lowest BCUT2D eigenvalue weighted by Crippen LogP contribution is -2.38. The van der Waals surface area contributed by atoms with Gasteiger partial charge in [-0.1, -0.05) is 50.6 Å². The third kappa shape index (κ3) is 5.43. The number of nitrogens with zero attached hydrogens (tertiary/aromatic N) is 1. The zero-order chi connectivity index (χ0) is 15.0. The fourth-order valence-electron chi connectivity index (χ4n) is 1.96. The van der Waals surface area contributed by atoms with Crippen LogP contribution < -0.4 is 0 Å². The quantitative estimate of drug-likeness (QED) is 0.794. The molecule has 1 unspecified atom stereocenters. The molecule has 1 aromatic carbocycles. The van der Waals surface area contributed by atoms with Gasteiger partial charge in [0.15, 0.2) is 0 Å². The molecule has 1 rings (SSSR count). The van der Waals surface area contributed by atoms with Crippen molar-refractivity contribution in [3.8, 4) is 0 Å². The summed E-state index contributed by atoms with van der Waals surface area (Å²) in [6.45, 7) is 4.60. The Morgan fingerprint density at radius 3 is 2.45 bits per heavy atom. The molecule has 1 atom stereocenters. The first-order valence-electron chi connectivity index (χ1n) is 7.09. The highest BCUT2D eigenvalue weighted by Gasteiger charge is 2.20. The number of aliphatic carboxylic acids is 1. The zero-order valence-corrected chi connectivity index (χ0v) is 12.2. The van der Waals surface area contributed by atoms with Crippen molar-refractivity contribution in [1.82, 2.24) is 4.90 Å². The van der Waals surface area contributed by atoms with Gasteiger partial charge in [-0.05, 0) is 12.0 Å². The zero-order valence-electron chi connectivity index (χ0n) is 12.2. The van der Waals surface area contributed by atoms with Gasteiger partial charge < -0.3 is 10.0 Å². The minimum Gasteiger partial charge on any atom is -0.481 e. The number of carboxylic acid groups (broad SMARTS) is 1. The fraction of sp³-hybridized carbons (Fsp3) is 0.500. The van der Waals surface area contributed by atoms with E-state index >= 15 is 0 Å². The lowest BCUT2D eigenvalue weighted by Gasteiger charge is -2.24. The molecule has 4 heteroatoms. The van der Waals surface area contributed by atoms with Crippen molar-refractivity contribution in [2.75, 3.05) is 13.1 Å². The molecule has 1 N–H and O–H groups in total. The molecule has 0 fully saturated rings. The van der Waals surface area contributed by atoms with E-state index in [2.05, 4.69) is 6.92 Å². The summed E-state index contributed by atoms with van der Waals surface area (Å²) in [5.74, 6) is -1.40. The standard InChI is InChI=1S/C16H23NO3/c1-3-4-10-17(12-13(2)16(19)20)15(18)11-14-8-6-5-7-9-14/h5-9,13H,3-4,10-12H2,1-2H3,(H,19,20). The molecule has 0 aliphatic carbocycles. The molecule has 1 aromatic rings. The van der Waals surface area contributed by atoms with Crippen molar-refractivity contribution in [2.45, 2.75) is 33.1 Å². The van der Waals surface area contributed by atoms with Crippen molar-refractivity contribution in [1.29, 1.82) is 0 Å². The third-order valence-corrected chi connectivity index (χ3v) is 3.25. The summed E-state index contributed by atoms with van der Waals surface area (Å²) < 4.78 is 0. The van der Waals surface area contributed by atoms with Crippen LogP contribution in [0.1, 0.15) is 32.3 Å². The summed E-state index contributed by atoms with van der Waals surface area (Å²) in [6, 6.07) is 9.54. The smallest absolute Gasteiger partial charge is 0.308 e. The van der Waals surface area contributed by atoms with E-state index in [1.165, 1.54) is 0 Å². The van der Waals surface area contributed by atoms with Crippen LogP contribution in [0.25, 0.3) is 0 Å². The molecule has 0 heterocycles. The van der Waals surface area contributed by atoms with E-state index in [0.717, 1.165) is 18.4 Å². The van der Waals surface area contributed by atoms with Gasteiger partial charge in [-0.2, -0.15) is 0 Å². The first-order valence-corrected chi connectivity index (χ1v) is 7.09. The van der Waals surface area contributed by atoms with Crippen molar-refractivity contribution >= 4 is 11.9 Å². The highest BCUT2D eigenvalue weighted by atomic mass is 16.4. The van der Waals surface area contributed by atoms with Crippen LogP contribution >= 0.6 is 0 Å². The molecule has 1 amide bonds. The number of carboxylic acids is 1. The Morgan fingerprint density at radius 2 is 1.90 bits per heavy atom. The lowest BCUT2D eigenvalue weighted by atomic mass is 10.1. The molecule has 0 aliphatic heterocycles. The second kappa shape index (κ2) is 8.35. The largest absolute Gasteiger partial charge is 0.481 e. The Morgan fingerprint density at radius 1 is 1.25 bits per heavy atom. The SMILES string of the molecule is CCCCN(CC(C)C(=O)O)C(=O)Cc1ccccc1. The monoisotopic (exact) mass is 277 g/mol. The summed E-state index contributed by atoms with van der Waals surface area (Å²) in [5.41, 5.74) is 0.960. The molecular formula is C16H23NO3. The number of rotatable bonds is 8. The summed E-state index contributed by atoms with van der Waals surface area (Å²) >= 11 is 0. The first kappa shape index (κ1) is 16.2. The number of carbonyl (C=O) groups is 2. The van der Waals surface area contributed by atoms with Gasteiger partial charge in [-0.15, -0.1) is 0 Å². The molecule has 0 saturated carbocycles. The lowest BCUT2D eigenvalue weighted by molar-refractivity contribution is -0.143. The van der Waals surface area contributed by atoms with Gasteiger partial charge in [-0.25, -0.2) is 0 Å². The van der Waals surface area contributed by atoms with Gasteiger partial charge in [0.05, 0.1) is 12.3 Å². The van der Waals surface area contributed by atoms with E-state index in [0.29, 0.717) is 13.0 Å². The Hall–Kier alpha value is -1.84. The van der Waals surface area contributed by atoms with Crippen LogP contribution in [0.3, 0.4) is 0 Å². The van der Waals surface area contributed by atoms with E-state index in [-0.39, 0.29) is 12.5 Å². The fourth-order valence-corrected chi connectivity index (χ4v) is 1.96. The number of benzene rings is 1. The minimum absolute atomic E-state index is 0.00208. The molecule has 0 spiro atoms. The van der Waals surface area contributed by atoms with Crippen LogP contribution in [0.2, 0.25) is 0 Å². The second-order valence-electron chi connectivity index (χ2n) is 5.09. The van der Waals surface area contributed by atoms with Crippen LogP contribution in [-0.2, 0) is 16.0 Å². The topological polar surface area (TPSA) is 57.6 Å². The molecular weight excluding hydrogens is 254 g/mol. The summed E-state index contributed by atoms with van der Waals surface area (Å²) in [4.78, 5) is 24.9. The second-order valence-corrected chi connectivity index (χ2v) is 5.09. The third-order valence-electron chi connectivity index (χ3n) is 3.25. The molecule has 0 bridgehead atoms. The highest BCUT2D eigenvalue weighted by molar-refractivity contribution is 5.79. The normalized spacial score (nSPS) is 11.9. The molecule has 110 valence electrons. The van der Waals surface area contributed by atoms with Gasteiger partial charge in [0, 0.05) is 13.1 Å². The van der Waals surface area contributed by atoms with Crippen LogP contribution in [0.5, 0.6) is 0 Å². The Bertz CT molecular complexity index is 431. The summed E-state index contributed by atoms with van der Waals surface area (Å²) in [5, 5.41) is 8.99. The maximum Gasteiger partial charge on any atom is 0.308 e. The predicted octanol–water partition coefficient (Wildman–Crippen LogP) is 2.58. The summed E-state index contributed by atoms with van der Waals surface area (Å²) in [7, 11) is 0. The average Bonchev–Trinajstić information content (AvgIpc) is 2.43. The van der Waals surface area contributed by atoms with Crippen LogP contribution in [0.15, 0.2) is 30.3 Å². The Labute approximate surface area is 120 Å². The van der Waals surface area contributed by atoms with E-state index in [1.807, 2.05) is 30.3 Å². The van der Waals surface area contributed by atoms with Gasteiger partial charge >= 0.3 is 5.97 Å². The first-order chi connectivity index (χ1) is 9.54. The Kier molecular flexibility index (Phi) is 6.77. The van der Waals surface area contributed by atoms with Crippen LogP contribution in [-0.4, -0.2) is 35.0 Å². The van der Waals surface area contributed by atoms with Gasteiger partial charge in [-0.3, -0.25) is 9.59 Å². The van der Waals surface area contributed by atoms with Crippen molar-refractivity contribution in [3.05, 3.63) is 35.9 Å². The molecule has 0 saturated heterocycles. The predicted molar refractivity (Wildman–Crippen MR) is 78.4 cm³/mol. The number of hydrogen-bond acceptors (Lipinski definition) is 2. The minimum atomic E-state index is -0.862. The molecule has 0 radical (unpaired) electrons. The van der Waals surface area contributed by atoms with E-state index < -0.39 is 11.9 Å². The van der Waals surface area contributed by atoms with Crippen molar-refractivity contribution in [3.63, 3.8) is 0 Å². The number of unbranched alkanes of at least 4 members (excludes halogenated alkanes) is 1. The molecule has 0 aromatic heterocycles. The van der Waals surface area contributed by atoms with E-state index in [4.69, 9.17) is 5.11 Å². The maximum absolute atomic E-state index is 12.3. The average molecular weight is 277 g/mol. The van der Waals surface area contributed by atoms with Gasteiger partial charge in [0.2, 0.25) is 5.91 Å². The van der Waals surface area contributed by atoms with Gasteiger partial charge in [0.25, 0.3) is 0 Å². The Balaban J connectivity index is 2.66. The molecule has 20 heavy (non-hydrogen) atoms. The highest BCUT2D eigenvalue weighted by Crippen LogP contribution is 2.08. The van der Waals surface area contributed by atoms with E-state index in [1.54, 1.807) is 11.8 Å². The number of amides is 1. The maximum atomic E-state index is 12.3. The number of hydrogen-bond donors (Lipinski definition) is 1. The summed E-state index contributed by atoms with van der Waals surface area (Å²) in [6.07, 6.45) is 2.21. The molecule has 4 nitrogen and oxygen atoms in total. The van der Waals surface area contributed by atoms with Crippen molar-refractivity contribution < 1.29 is 14.7 Å². The van der Waals surface area contributed by atoms with E-state index in [9.17, 15) is 9.59 Å². The van der Waals surface area contributed by atoms with Crippen LogP contribution in [0.4, 0.5) is 0 Å².